The normalized spacial score (nSPS) is 24.3. The first-order valence-electron chi connectivity index (χ1n) is 7.97. The lowest BCUT2D eigenvalue weighted by Gasteiger charge is -2.48. The zero-order valence-electron chi connectivity index (χ0n) is 14.1. The van der Waals surface area contributed by atoms with Crippen LogP contribution in [0.5, 0.6) is 0 Å². The minimum atomic E-state index is 0.309. The highest BCUT2D eigenvalue weighted by Crippen LogP contribution is 2.27. The lowest BCUT2D eigenvalue weighted by molar-refractivity contribution is 0.0171. The van der Waals surface area contributed by atoms with Gasteiger partial charge in [0.1, 0.15) is 0 Å². The molecule has 0 aromatic heterocycles. The molecule has 0 spiro atoms. The molecular weight excluding hydrogens is 234 g/mol. The van der Waals surface area contributed by atoms with Crippen molar-refractivity contribution in [2.24, 2.45) is 5.41 Å². The predicted molar refractivity (Wildman–Crippen MR) is 84.7 cm³/mol. The van der Waals surface area contributed by atoms with Gasteiger partial charge < -0.3 is 5.32 Å². The molecule has 0 saturated carbocycles. The third-order valence-electron chi connectivity index (χ3n) is 4.66. The summed E-state index contributed by atoms with van der Waals surface area (Å²) < 4.78 is 0. The van der Waals surface area contributed by atoms with Crippen LogP contribution < -0.4 is 5.32 Å². The highest BCUT2D eigenvalue weighted by atomic mass is 15.3. The van der Waals surface area contributed by atoms with Crippen molar-refractivity contribution in [3.8, 4) is 0 Å². The maximum absolute atomic E-state index is 3.56. The topological polar surface area (TPSA) is 18.5 Å². The van der Waals surface area contributed by atoms with Gasteiger partial charge in [0.2, 0.25) is 0 Å². The summed E-state index contributed by atoms with van der Waals surface area (Å²) in [5.41, 5.74) is 0.723. The van der Waals surface area contributed by atoms with Gasteiger partial charge in [-0.3, -0.25) is 9.80 Å². The number of hydrogen-bond acceptors (Lipinski definition) is 3. The number of nitrogens with one attached hydrogen (secondary N) is 1. The van der Waals surface area contributed by atoms with Crippen molar-refractivity contribution < 1.29 is 0 Å². The summed E-state index contributed by atoms with van der Waals surface area (Å²) in [7, 11) is 2.25. The second-order valence-electron chi connectivity index (χ2n) is 7.29. The fourth-order valence-corrected chi connectivity index (χ4v) is 3.27. The summed E-state index contributed by atoms with van der Waals surface area (Å²) in [5, 5.41) is 3.56. The first-order valence-corrected chi connectivity index (χ1v) is 7.97. The zero-order chi connectivity index (χ0) is 14.5. The molecule has 1 fully saturated rings. The molecule has 0 aromatic carbocycles. The first-order chi connectivity index (χ1) is 8.83. The Bertz CT molecular complexity index is 265. The summed E-state index contributed by atoms with van der Waals surface area (Å²) in [4.78, 5) is 5.16. The summed E-state index contributed by atoms with van der Waals surface area (Å²) in [6, 6.07) is 0. The van der Waals surface area contributed by atoms with E-state index in [1.54, 1.807) is 0 Å². The van der Waals surface area contributed by atoms with Crippen molar-refractivity contribution in [2.45, 2.75) is 53.0 Å². The largest absolute Gasteiger partial charge is 0.316 e. The molecule has 0 aliphatic carbocycles. The molecule has 1 saturated heterocycles. The van der Waals surface area contributed by atoms with Gasteiger partial charge in [-0.15, -0.1) is 0 Å². The molecule has 1 N–H and O–H groups in total. The summed E-state index contributed by atoms with van der Waals surface area (Å²) >= 11 is 0. The van der Waals surface area contributed by atoms with Crippen LogP contribution in [0.25, 0.3) is 0 Å². The van der Waals surface area contributed by atoms with Gasteiger partial charge in [-0.2, -0.15) is 0 Å². The van der Waals surface area contributed by atoms with Crippen molar-refractivity contribution in [1.82, 2.24) is 15.1 Å². The van der Waals surface area contributed by atoms with Crippen LogP contribution in [0.2, 0.25) is 0 Å². The monoisotopic (exact) mass is 269 g/mol. The van der Waals surface area contributed by atoms with E-state index in [1.807, 2.05) is 0 Å². The van der Waals surface area contributed by atoms with Gasteiger partial charge in [0.05, 0.1) is 0 Å². The number of nitrogens with zero attached hydrogens (tertiary/aromatic N) is 2. The lowest BCUT2D eigenvalue weighted by Crippen LogP contribution is -2.59. The molecule has 0 radical (unpaired) electrons. The Morgan fingerprint density at radius 1 is 1.21 bits per heavy atom. The Morgan fingerprint density at radius 3 is 2.42 bits per heavy atom. The van der Waals surface area contributed by atoms with E-state index >= 15 is 0 Å². The third-order valence-corrected chi connectivity index (χ3v) is 4.66. The van der Waals surface area contributed by atoms with E-state index in [4.69, 9.17) is 0 Å². The molecule has 3 heteroatoms. The van der Waals surface area contributed by atoms with E-state index in [2.05, 4.69) is 56.8 Å². The van der Waals surface area contributed by atoms with Gasteiger partial charge in [-0.05, 0) is 39.3 Å². The Kier molecular flexibility index (Phi) is 6.28. The summed E-state index contributed by atoms with van der Waals surface area (Å²) in [6.07, 6.45) is 2.59. The average molecular weight is 269 g/mol. The first kappa shape index (κ1) is 16.9. The van der Waals surface area contributed by atoms with Crippen LogP contribution in [0.15, 0.2) is 0 Å². The molecule has 1 unspecified atom stereocenters. The van der Waals surface area contributed by atoms with Gasteiger partial charge in [0.25, 0.3) is 0 Å². The Labute approximate surface area is 120 Å². The zero-order valence-corrected chi connectivity index (χ0v) is 14.1. The maximum atomic E-state index is 3.56. The quantitative estimate of drug-likeness (QED) is 0.766. The highest BCUT2D eigenvalue weighted by molar-refractivity contribution is 4.91. The van der Waals surface area contributed by atoms with Crippen LogP contribution in [0.3, 0.4) is 0 Å². The molecule has 1 heterocycles. The third kappa shape index (κ3) is 5.05. The van der Waals surface area contributed by atoms with Gasteiger partial charge in [-0.1, -0.05) is 27.2 Å². The van der Waals surface area contributed by atoms with E-state index in [0.717, 1.165) is 13.1 Å². The minimum Gasteiger partial charge on any atom is -0.316 e. The number of likely N-dealkylation sites (N-methyl/N-ethyl adjacent to an activating group) is 1. The van der Waals surface area contributed by atoms with Crippen LogP contribution in [0.4, 0.5) is 0 Å². The van der Waals surface area contributed by atoms with E-state index < -0.39 is 0 Å². The maximum Gasteiger partial charge on any atom is 0.0277 e. The molecule has 19 heavy (non-hydrogen) atoms. The molecule has 1 atom stereocenters. The molecule has 1 rings (SSSR count). The Hall–Kier alpha value is -0.120. The molecule has 1 aliphatic heterocycles. The fourth-order valence-electron chi connectivity index (χ4n) is 3.27. The van der Waals surface area contributed by atoms with Crippen molar-refractivity contribution in [1.29, 1.82) is 0 Å². The van der Waals surface area contributed by atoms with Gasteiger partial charge in [0, 0.05) is 38.3 Å². The number of rotatable bonds is 7. The number of piperazine rings is 1. The Morgan fingerprint density at radius 2 is 1.89 bits per heavy atom. The second kappa shape index (κ2) is 7.05. The second-order valence-corrected chi connectivity index (χ2v) is 7.29. The van der Waals surface area contributed by atoms with E-state index in [1.165, 1.54) is 39.0 Å². The van der Waals surface area contributed by atoms with Crippen LogP contribution in [0.1, 0.15) is 47.5 Å². The van der Waals surface area contributed by atoms with Gasteiger partial charge in [-0.25, -0.2) is 0 Å². The van der Waals surface area contributed by atoms with E-state index in [9.17, 15) is 0 Å². The molecule has 0 amide bonds. The van der Waals surface area contributed by atoms with Crippen LogP contribution in [0, 0.1) is 5.41 Å². The lowest BCUT2D eigenvalue weighted by atomic mass is 9.84. The molecule has 1 aliphatic rings. The van der Waals surface area contributed by atoms with Crippen LogP contribution >= 0.6 is 0 Å². The summed E-state index contributed by atoms with van der Waals surface area (Å²) in [5.74, 6) is 0. The smallest absolute Gasteiger partial charge is 0.0277 e. The molecule has 0 bridgehead atoms. The number of hydrogen-bond donors (Lipinski definition) is 1. The molecule has 114 valence electrons. The summed E-state index contributed by atoms with van der Waals surface area (Å²) in [6.45, 7) is 18.7. The highest BCUT2D eigenvalue weighted by Gasteiger charge is 2.34. The Balaban J connectivity index is 2.59. The van der Waals surface area contributed by atoms with E-state index in [-0.39, 0.29) is 0 Å². The van der Waals surface area contributed by atoms with Crippen molar-refractivity contribution in [2.75, 3.05) is 46.3 Å². The van der Waals surface area contributed by atoms with Crippen molar-refractivity contribution in [3.63, 3.8) is 0 Å². The van der Waals surface area contributed by atoms with Crippen molar-refractivity contribution in [3.05, 3.63) is 0 Å². The standard InChI is InChI=1S/C16H35N3/c1-7-9-16(5,12-17-8-2)14-19-11-10-18(6)15(3,4)13-19/h17H,7-14H2,1-6H3. The minimum absolute atomic E-state index is 0.309. The van der Waals surface area contributed by atoms with Crippen LogP contribution in [-0.2, 0) is 0 Å². The van der Waals surface area contributed by atoms with E-state index in [0.29, 0.717) is 11.0 Å². The fraction of sp³-hybridized carbons (Fsp3) is 1.00. The van der Waals surface area contributed by atoms with Crippen LogP contribution in [-0.4, -0.2) is 61.7 Å². The molecule has 0 aromatic rings. The average Bonchev–Trinajstić information content (AvgIpc) is 2.31. The molecular formula is C16H35N3. The predicted octanol–water partition coefficient (Wildman–Crippen LogP) is 2.43. The van der Waals surface area contributed by atoms with Gasteiger partial charge in [0.15, 0.2) is 0 Å². The van der Waals surface area contributed by atoms with Crippen molar-refractivity contribution >= 4 is 0 Å². The molecule has 3 nitrogen and oxygen atoms in total. The van der Waals surface area contributed by atoms with Gasteiger partial charge >= 0.3 is 0 Å². The SMILES string of the molecule is CCCC(C)(CNCC)CN1CCN(C)C(C)(C)C1.